The van der Waals surface area contributed by atoms with Crippen LogP contribution < -0.4 is 0 Å². The third-order valence-electron chi connectivity index (χ3n) is 4.60. The molecule has 6 nitrogen and oxygen atoms in total. The van der Waals surface area contributed by atoms with Crippen molar-refractivity contribution in [1.29, 1.82) is 0 Å². The Kier molecular flexibility index (Phi) is 5.71. The number of hydrogen-bond acceptors (Lipinski definition) is 5. The molecule has 1 aliphatic carbocycles. The van der Waals surface area contributed by atoms with E-state index in [1.54, 1.807) is 13.8 Å². The van der Waals surface area contributed by atoms with Crippen molar-refractivity contribution in [2.75, 3.05) is 13.2 Å². The second-order valence-corrected chi connectivity index (χ2v) is 6.28. The molecule has 0 aliphatic heterocycles. The minimum Gasteiger partial charge on any atom is -0.462 e. The van der Waals surface area contributed by atoms with Gasteiger partial charge in [-0.25, -0.2) is 14.3 Å². The lowest BCUT2D eigenvalue weighted by atomic mass is 9.98. The molecule has 0 atom stereocenters. The minimum absolute atomic E-state index is 0.151. The van der Waals surface area contributed by atoms with Gasteiger partial charge in [-0.15, -0.1) is 0 Å². The van der Waals surface area contributed by atoms with Crippen molar-refractivity contribution >= 4 is 11.9 Å². The molecule has 0 radical (unpaired) electrons. The number of para-hydroxylation sites is 1. The lowest BCUT2D eigenvalue weighted by molar-refractivity contribution is 0.0472. The van der Waals surface area contributed by atoms with Crippen molar-refractivity contribution in [3.05, 3.63) is 47.3 Å². The summed E-state index contributed by atoms with van der Waals surface area (Å²) in [4.78, 5) is 25.4. The Morgan fingerprint density at radius 2 is 1.65 bits per heavy atom. The lowest BCUT2D eigenvalue weighted by Crippen LogP contribution is -2.17. The number of rotatable bonds is 6. The first-order valence-electron chi connectivity index (χ1n) is 9.19. The first-order chi connectivity index (χ1) is 12.7. The molecule has 1 heterocycles. The van der Waals surface area contributed by atoms with Gasteiger partial charge in [0, 0.05) is 5.92 Å². The van der Waals surface area contributed by atoms with E-state index in [-0.39, 0.29) is 30.4 Å². The first kappa shape index (κ1) is 18.2. The number of nitrogens with zero attached hydrogens (tertiary/aromatic N) is 2. The molecule has 1 aromatic heterocycles. The molecule has 0 spiro atoms. The minimum atomic E-state index is -0.559. The maximum atomic E-state index is 12.7. The molecule has 6 heteroatoms. The maximum absolute atomic E-state index is 12.7. The Hall–Kier alpha value is -2.63. The molecule has 0 saturated heterocycles. The number of hydrogen-bond donors (Lipinski definition) is 0. The molecule has 1 saturated carbocycles. The summed E-state index contributed by atoms with van der Waals surface area (Å²) in [7, 11) is 0. The van der Waals surface area contributed by atoms with E-state index in [1.165, 1.54) is 4.68 Å². The van der Waals surface area contributed by atoms with E-state index in [0.29, 0.717) is 11.4 Å². The summed E-state index contributed by atoms with van der Waals surface area (Å²) in [6, 6.07) is 9.32. The van der Waals surface area contributed by atoms with Gasteiger partial charge in [-0.05, 0) is 38.8 Å². The predicted octanol–water partition coefficient (Wildman–Crippen LogP) is 3.88. The first-order valence-corrected chi connectivity index (χ1v) is 9.19. The zero-order valence-corrected chi connectivity index (χ0v) is 15.2. The SMILES string of the molecule is CCOC(=O)c1c(C2CCCC2)nn(-c2ccccc2)c1C(=O)OCC. The van der Waals surface area contributed by atoms with E-state index in [0.717, 1.165) is 25.7 Å². The third kappa shape index (κ3) is 3.49. The van der Waals surface area contributed by atoms with Crippen LogP contribution in [-0.4, -0.2) is 34.9 Å². The van der Waals surface area contributed by atoms with Gasteiger partial charge in [0.25, 0.3) is 0 Å². The molecule has 1 fully saturated rings. The van der Waals surface area contributed by atoms with Gasteiger partial charge in [-0.2, -0.15) is 5.10 Å². The van der Waals surface area contributed by atoms with Crippen LogP contribution in [0.1, 0.15) is 72.0 Å². The van der Waals surface area contributed by atoms with Crippen LogP contribution in [0, 0.1) is 0 Å². The number of carbonyl (C=O) groups is 2. The van der Waals surface area contributed by atoms with E-state index in [2.05, 4.69) is 5.10 Å². The molecular formula is C20H24N2O4. The number of benzene rings is 1. The predicted molar refractivity (Wildman–Crippen MR) is 96.7 cm³/mol. The van der Waals surface area contributed by atoms with Gasteiger partial charge in [0.15, 0.2) is 5.69 Å². The molecule has 0 unspecified atom stereocenters. The van der Waals surface area contributed by atoms with Crippen molar-refractivity contribution in [2.24, 2.45) is 0 Å². The zero-order chi connectivity index (χ0) is 18.5. The van der Waals surface area contributed by atoms with Gasteiger partial charge in [0.1, 0.15) is 5.56 Å². The fourth-order valence-corrected chi connectivity index (χ4v) is 3.47. The van der Waals surface area contributed by atoms with Crippen molar-refractivity contribution < 1.29 is 19.1 Å². The van der Waals surface area contributed by atoms with Gasteiger partial charge in [0.2, 0.25) is 0 Å². The molecule has 1 aromatic carbocycles. The molecule has 1 aliphatic rings. The number of ether oxygens (including phenoxy) is 2. The molecule has 138 valence electrons. The van der Waals surface area contributed by atoms with Crippen molar-refractivity contribution in [3.63, 3.8) is 0 Å². The van der Waals surface area contributed by atoms with Gasteiger partial charge in [-0.1, -0.05) is 31.0 Å². The summed E-state index contributed by atoms with van der Waals surface area (Å²) >= 11 is 0. The second kappa shape index (κ2) is 8.17. The highest BCUT2D eigenvalue weighted by Crippen LogP contribution is 2.37. The number of aromatic nitrogens is 2. The highest BCUT2D eigenvalue weighted by Gasteiger charge is 2.35. The van der Waals surface area contributed by atoms with Gasteiger partial charge < -0.3 is 9.47 Å². The van der Waals surface area contributed by atoms with Crippen LogP contribution in [0.15, 0.2) is 30.3 Å². The van der Waals surface area contributed by atoms with Crippen LogP contribution in [0.3, 0.4) is 0 Å². The fourth-order valence-electron chi connectivity index (χ4n) is 3.47. The molecule has 0 bridgehead atoms. The molecule has 3 rings (SSSR count). The fraction of sp³-hybridized carbons (Fsp3) is 0.450. The van der Waals surface area contributed by atoms with Crippen molar-refractivity contribution in [2.45, 2.75) is 45.4 Å². The van der Waals surface area contributed by atoms with Crippen LogP contribution >= 0.6 is 0 Å². The quantitative estimate of drug-likeness (QED) is 0.735. The summed E-state index contributed by atoms with van der Waals surface area (Å²) in [5.41, 5.74) is 1.76. The van der Waals surface area contributed by atoms with Gasteiger partial charge in [0.05, 0.1) is 24.6 Å². The second-order valence-electron chi connectivity index (χ2n) is 6.28. The molecular weight excluding hydrogens is 332 g/mol. The molecule has 26 heavy (non-hydrogen) atoms. The summed E-state index contributed by atoms with van der Waals surface area (Å²) in [5, 5.41) is 4.68. The smallest absolute Gasteiger partial charge is 0.357 e. The molecule has 0 amide bonds. The molecule has 2 aromatic rings. The van der Waals surface area contributed by atoms with Crippen LogP contribution in [0.2, 0.25) is 0 Å². The lowest BCUT2D eigenvalue weighted by Gasteiger charge is -2.09. The Bertz CT molecular complexity index is 777. The van der Waals surface area contributed by atoms with E-state index in [9.17, 15) is 9.59 Å². The highest BCUT2D eigenvalue weighted by atomic mass is 16.5. The van der Waals surface area contributed by atoms with Crippen LogP contribution in [0.25, 0.3) is 5.69 Å². The Morgan fingerprint density at radius 1 is 1.04 bits per heavy atom. The maximum Gasteiger partial charge on any atom is 0.357 e. The summed E-state index contributed by atoms with van der Waals surface area (Å²) in [6.07, 6.45) is 4.11. The highest BCUT2D eigenvalue weighted by molar-refractivity contribution is 6.03. The summed E-state index contributed by atoms with van der Waals surface area (Å²) in [5.74, 6) is -0.914. The average Bonchev–Trinajstić information content (AvgIpc) is 3.30. The third-order valence-corrected chi connectivity index (χ3v) is 4.60. The average molecular weight is 356 g/mol. The van der Waals surface area contributed by atoms with E-state index < -0.39 is 11.9 Å². The van der Waals surface area contributed by atoms with Crippen molar-refractivity contribution in [1.82, 2.24) is 9.78 Å². The Morgan fingerprint density at radius 3 is 2.27 bits per heavy atom. The standard InChI is InChI=1S/C20H24N2O4/c1-3-25-19(23)16-17(14-10-8-9-11-14)21-22(15-12-6-5-7-13-15)18(16)20(24)26-4-2/h5-7,12-14H,3-4,8-11H2,1-2H3. The van der Waals surface area contributed by atoms with E-state index >= 15 is 0 Å². The largest absolute Gasteiger partial charge is 0.462 e. The van der Waals surface area contributed by atoms with Crippen molar-refractivity contribution in [3.8, 4) is 5.69 Å². The number of carbonyl (C=O) groups excluding carboxylic acids is 2. The summed E-state index contributed by atoms with van der Waals surface area (Å²) in [6.45, 7) is 3.95. The van der Waals surface area contributed by atoms with Crippen LogP contribution in [0.5, 0.6) is 0 Å². The van der Waals surface area contributed by atoms with Crippen LogP contribution in [0.4, 0.5) is 0 Å². The van der Waals surface area contributed by atoms with E-state index in [4.69, 9.17) is 9.47 Å². The zero-order valence-electron chi connectivity index (χ0n) is 15.2. The summed E-state index contributed by atoms with van der Waals surface area (Å²) < 4.78 is 12.0. The monoisotopic (exact) mass is 356 g/mol. The number of esters is 2. The van der Waals surface area contributed by atoms with Crippen LogP contribution in [-0.2, 0) is 9.47 Å². The van der Waals surface area contributed by atoms with Gasteiger partial charge in [-0.3, -0.25) is 0 Å². The normalized spacial score (nSPS) is 14.4. The molecule has 0 N–H and O–H groups in total. The van der Waals surface area contributed by atoms with Gasteiger partial charge >= 0.3 is 11.9 Å². The Balaban J connectivity index is 2.21. The Labute approximate surface area is 153 Å². The topological polar surface area (TPSA) is 70.4 Å². The van der Waals surface area contributed by atoms with E-state index in [1.807, 2.05) is 30.3 Å².